The zero-order valence-electron chi connectivity index (χ0n) is 11.1. The second kappa shape index (κ2) is 5.77. The van der Waals surface area contributed by atoms with Gasteiger partial charge in [0.05, 0.1) is 6.10 Å². The summed E-state index contributed by atoms with van der Waals surface area (Å²) in [5.74, 6) is -0.942. The Morgan fingerprint density at radius 3 is 2.26 bits per heavy atom. The maximum absolute atomic E-state index is 12.1. The van der Waals surface area contributed by atoms with Gasteiger partial charge in [0.25, 0.3) is 0 Å². The minimum Gasteiger partial charge on any atom is -0.480 e. The molecule has 2 rings (SSSR count). The number of aliphatic hydroxyl groups is 1. The highest BCUT2D eigenvalue weighted by atomic mass is 16.4. The molecule has 0 aromatic carbocycles. The van der Waals surface area contributed by atoms with Crippen molar-refractivity contribution < 1.29 is 19.8 Å². The van der Waals surface area contributed by atoms with Crippen molar-refractivity contribution in [2.24, 2.45) is 0 Å². The lowest BCUT2D eigenvalue weighted by Crippen LogP contribution is -2.57. The van der Waals surface area contributed by atoms with Crippen LogP contribution in [0.25, 0.3) is 0 Å². The van der Waals surface area contributed by atoms with Crippen LogP contribution in [-0.2, 0) is 4.79 Å². The molecule has 3 N–H and O–H groups in total. The number of β-amino-alcohol motifs (C(OH)–C–C–N with tert-alkyl or cyclic N) is 1. The molecule has 1 saturated heterocycles. The Labute approximate surface area is 112 Å². The first kappa shape index (κ1) is 14.1. The van der Waals surface area contributed by atoms with Gasteiger partial charge in [-0.25, -0.2) is 9.59 Å². The molecule has 0 aromatic heterocycles. The third-order valence-corrected chi connectivity index (χ3v) is 4.16. The Hall–Kier alpha value is -1.30. The SMILES string of the molecule is O=C(NC1(C(=O)O)CCCCCC1)N1CCC(O)C1. The average molecular weight is 270 g/mol. The van der Waals surface area contributed by atoms with Gasteiger partial charge in [0.1, 0.15) is 5.54 Å². The van der Waals surface area contributed by atoms with Crippen LogP contribution in [0.5, 0.6) is 0 Å². The van der Waals surface area contributed by atoms with Crippen molar-refractivity contribution in [2.75, 3.05) is 13.1 Å². The quantitative estimate of drug-likeness (QED) is 0.651. The number of nitrogens with one attached hydrogen (secondary N) is 1. The molecule has 0 bridgehead atoms. The van der Waals surface area contributed by atoms with E-state index in [0.717, 1.165) is 25.7 Å². The van der Waals surface area contributed by atoms with E-state index < -0.39 is 17.6 Å². The Morgan fingerprint density at radius 1 is 1.16 bits per heavy atom. The standard InChI is InChI=1S/C13H22N2O4/c16-10-5-8-15(9-10)12(19)14-13(11(17)18)6-3-1-2-4-7-13/h10,16H,1-9H2,(H,14,19)(H,17,18). The molecule has 1 heterocycles. The van der Waals surface area contributed by atoms with Crippen LogP contribution in [-0.4, -0.2) is 51.8 Å². The number of carboxylic acids is 1. The summed E-state index contributed by atoms with van der Waals surface area (Å²) in [4.78, 5) is 25.2. The van der Waals surface area contributed by atoms with E-state index in [1.54, 1.807) is 0 Å². The zero-order valence-corrected chi connectivity index (χ0v) is 11.1. The van der Waals surface area contributed by atoms with Gasteiger partial charge in [0.15, 0.2) is 0 Å². The van der Waals surface area contributed by atoms with Gasteiger partial charge < -0.3 is 20.4 Å². The Kier molecular flexibility index (Phi) is 4.29. The van der Waals surface area contributed by atoms with E-state index in [1.807, 2.05) is 0 Å². The van der Waals surface area contributed by atoms with Crippen LogP contribution in [0.4, 0.5) is 4.79 Å². The zero-order chi connectivity index (χ0) is 13.9. The summed E-state index contributed by atoms with van der Waals surface area (Å²) in [6.07, 6.45) is 4.76. The number of likely N-dealkylation sites (tertiary alicyclic amines) is 1. The van der Waals surface area contributed by atoms with Gasteiger partial charge in [-0.2, -0.15) is 0 Å². The van der Waals surface area contributed by atoms with E-state index in [2.05, 4.69) is 5.32 Å². The molecule has 0 aromatic rings. The third kappa shape index (κ3) is 3.18. The topological polar surface area (TPSA) is 89.9 Å². The molecule has 1 atom stereocenters. The number of carbonyl (C=O) groups excluding carboxylic acids is 1. The molecule has 1 aliphatic heterocycles. The number of carboxylic acid groups (broad SMARTS) is 1. The number of urea groups is 1. The van der Waals surface area contributed by atoms with Gasteiger partial charge in [-0.15, -0.1) is 0 Å². The summed E-state index contributed by atoms with van der Waals surface area (Å²) < 4.78 is 0. The van der Waals surface area contributed by atoms with Gasteiger partial charge >= 0.3 is 12.0 Å². The first-order valence-corrected chi connectivity index (χ1v) is 7.02. The van der Waals surface area contributed by atoms with Crippen molar-refractivity contribution in [1.82, 2.24) is 10.2 Å². The molecule has 0 radical (unpaired) electrons. The van der Waals surface area contributed by atoms with Crippen molar-refractivity contribution in [3.05, 3.63) is 0 Å². The highest BCUT2D eigenvalue weighted by Crippen LogP contribution is 2.28. The van der Waals surface area contributed by atoms with Crippen molar-refractivity contribution in [3.8, 4) is 0 Å². The van der Waals surface area contributed by atoms with E-state index in [1.165, 1.54) is 4.90 Å². The monoisotopic (exact) mass is 270 g/mol. The molecule has 1 aliphatic carbocycles. The number of nitrogens with zero attached hydrogens (tertiary/aromatic N) is 1. The van der Waals surface area contributed by atoms with Crippen LogP contribution < -0.4 is 5.32 Å². The van der Waals surface area contributed by atoms with Gasteiger partial charge in [-0.1, -0.05) is 25.7 Å². The van der Waals surface area contributed by atoms with Gasteiger partial charge in [-0.3, -0.25) is 0 Å². The summed E-state index contributed by atoms with van der Waals surface area (Å²) in [6.45, 7) is 0.782. The Morgan fingerprint density at radius 2 is 1.79 bits per heavy atom. The second-order valence-corrected chi connectivity index (χ2v) is 5.62. The maximum Gasteiger partial charge on any atom is 0.329 e. The van der Waals surface area contributed by atoms with Crippen molar-refractivity contribution in [2.45, 2.75) is 56.6 Å². The van der Waals surface area contributed by atoms with E-state index in [9.17, 15) is 19.8 Å². The van der Waals surface area contributed by atoms with Crippen molar-refractivity contribution >= 4 is 12.0 Å². The minimum atomic E-state index is -1.12. The summed E-state index contributed by atoms with van der Waals surface area (Å²) in [5.41, 5.74) is -1.12. The summed E-state index contributed by atoms with van der Waals surface area (Å²) in [7, 11) is 0. The maximum atomic E-state index is 12.1. The number of aliphatic hydroxyl groups excluding tert-OH is 1. The summed E-state index contributed by atoms with van der Waals surface area (Å²) >= 11 is 0. The highest BCUT2D eigenvalue weighted by molar-refractivity contribution is 5.86. The number of rotatable bonds is 2. The van der Waals surface area contributed by atoms with Crippen molar-refractivity contribution in [3.63, 3.8) is 0 Å². The largest absolute Gasteiger partial charge is 0.480 e. The number of aliphatic carboxylic acids is 1. The highest BCUT2D eigenvalue weighted by Gasteiger charge is 2.41. The van der Waals surface area contributed by atoms with Crippen LogP contribution in [0.3, 0.4) is 0 Å². The third-order valence-electron chi connectivity index (χ3n) is 4.16. The fraction of sp³-hybridized carbons (Fsp3) is 0.846. The van der Waals surface area contributed by atoms with Crippen molar-refractivity contribution in [1.29, 1.82) is 0 Å². The smallest absolute Gasteiger partial charge is 0.329 e. The minimum absolute atomic E-state index is 0.293. The molecule has 0 spiro atoms. The lowest BCUT2D eigenvalue weighted by molar-refractivity contribution is -0.145. The molecular weight excluding hydrogens is 248 g/mol. The van der Waals surface area contributed by atoms with E-state index in [-0.39, 0.29) is 6.03 Å². The van der Waals surface area contributed by atoms with Gasteiger partial charge in [0, 0.05) is 13.1 Å². The second-order valence-electron chi connectivity index (χ2n) is 5.62. The first-order chi connectivity index (χ1) is 9.03. The molecule has 2 amide bonds. The molecule has 19 heavy (non-hydrogen) atoms. The van der Waals surface area contributed by atoms with E-state index in [4.69, 9.17) is 0 Å². The van der Waals surface area contributed by atoms with E-state index >= 15 is 0 Å². The number of amides is 2. The fourth-order valence-electron chi connectivity index (χ4n) is 2.93. The molecule has 1 unspecified atom stereocenters. The fourth-order valence-corrected chi connectivity index (χ4v) is 2.93. The lowest BCUT2D eigenvalue weighted by Gasteiger charge is -2.31. The molecule has 2 aliphatic rings. The Balaban J connectivity index is 2.03. The summed E-state index contributed by atoms with van der Waals surface area (Å²) in [6, 6.07) is -0.360. The molecule has 1 saturated carbocycles. The van der Waals surface area contributed by atoms with Crippen LogP contribution in [0.15, 0.2) is 0 Å². The molecule has 6 nitrogen and oxygen atoms in total. The van der Waals surface area contributed by atoms with Gasteiger partial charge in [0.2, 0.25) is 0 Å². The van der Waals surface area contributed by atoms with Crippen LogP contribution >= 0.6 is 0 Å². The molecule has 2 fully saturated rings. The van der Waals surface area contributed by atoms with Gasteiger partial charge in [-0.05, 0) is 19.3 Å². The number of hydrogen-bond acceptors (Lipinski definition) is 3. The molecule has 6 heteroatoms. The normalized spacial score (nSPS) is 26.8. The lowest BCUT2D eigenvalue weighted by atomic mass is 9.90. The predicted octanol–water partition coefficient (Wildman–Crippen LogP) is 0.940. The van der Waals surface area contributed by atoms with Crippen LogP contribution in [0, 0.1) is 0 Å². The van der Waals surface area contributed by atoms with E-state index in [0.29, 0.717) is 32.4 Å². The Bertz CT molecular complexity index is 351. The van der Waals surface area contributed by atoms with Crippen LogP contribution in [0.1, 0.15) is 44.9 Å². The summed E-state index contributed by atoms with van der Waals surface area (Å²) in [5, 5.41) is 21.6. The number of hydrogen-bond donors (Lipinski definition) is 3. The first-order valence-electron chi connectivity index (χ1n) is 7.02. The average Bonchev–Trinajstić information content (AvgIpc) is 2.65. The predicted molar refractivity (Wildman–Crippen MR) is 68.8 cm³/mol. The molecular formula is C13H22N2O4. The van der Waals surface area contributed by atoms with Crippen LogP contribution in [0.2, 0.25) is 0 Å². The number of carbonyl (C=O) groups is 2. The molecule has 108 valence electrons.